The molecule has 1 aliphatic heterocycles. The molecule has 120 valence electrons. The molecule has 2 atom stereocenters. The van der Waals surface area contributed by atoms with Crippen LogP contribution in [0.4, 0.5) is 0 Å². The third kappa shape index (κ3) is 3.94. The molecule has 0 saturated carbocycles. The number of ether oxygens (including phenoxy) is 1. The van der Waals surface area contributed by atoms with Gasteiger partial charge < -0.3 is 19.6 Å². The van der Waals surface area contributed by atoms with Crippen molar-refractivity contribution in [2.24, 2.45) is 0 Å². The van der Waals surface area contributed by atoms with Crippen molar-refractivity contribution < 1.29 is 14.3 Å². The van der Waals surface area contributed by atoms with Crippen molar-refractivity contribution in [3.05, 3.63) is 35.8 Å². The van der Waals surface area contributed by atoms with Crippen LogP contribution in [0.15, 0.2) is 22.8 Å². The predicted molar refractivity (Wildman–Crippen MR) is 79.2 cm³/mol. The molecule has 2 N–H and O–H groups in total. The fourth-order valence-electron chi connectivity index (χ4n) is 2.65. The molecule has 2 aromatic rings. The average molecular weight is 306 g/mol. The van der Waals surface area contributed by atoms with Gasteiger partial charge in [0.05, 0.1) is 25.5 Å². The van der Waals surface area contributed by atoms with E-state index in [9.17, 15) is 5.11 Å². The van der Waals surface area contributed by atoms with Gasteiger partial charge in [0.15, 0.2) is 0 Å². The number of aliphatic hydroxyl groups is 1. The molecule has 0 amide bonds. The summed E-state index contributed by atoms with van der Waals surface area (Å²) >= 11 is 0. The number of nitrogens with one attached hydrogen (secondary N) is 1. The summed E-state index contributed by atoms with van der Waals surface area (Å²) in [6, 6.07) is 3.98. The van der Waals surface area contributed by atoms with Crippen LogP contribution in [0.2, 0.25) is 0 Å². The summed E-state index contributed by atoms with van der Waals surface area (Å²) in [6.07, 6.45) is 3.01. The maximum Gasteiger partial charge on any atom is 0.147 e. The van der Waals surface area contributed by atoms with Gasteiger partial charge in [0.1, 0.15) is 24.0 Å². The number of nitrogens with zero attached hydrogens (tertiary/aromatic N) is 3. The van der Waals surface area contributed by atoms with E-state index >= 15 is 0 Å². The highest BCUT2D eigenvalue weighted by Gasteiger charge is 2.21. The minimum atomic E-state index is -0.533. The Bertz CT molecular complexity index is 582. The molecule has 0 bridgehead atoms. The summed E-state index contributed by atoms with van der Waals surface area (Å²) in [4.78, 5) is 4.39. The molecule has 0 spiro atoms. The zero-order valence-corrected chi connectivity index (χ0v) is 12.7. The van der Waals surface area contributed by atoms with E-state index in [1.54, 1.807) is 6.26 Å². The summed E-state index contributed by atoms with van der Waals surface area (Å²) in [5, 5.41) is 17.7. The van der Waals surface area contributed by atoms with Crippen LogP contribution in [0, 0.1) is 6.92 Å². The second kappa shape index (κ2) is 7.04. The van der Waals surface area contributed by atoms with E-state index in [4.69, 9.17) is 9.15 Å². The van der Waals surface area contributed by atoms with Crippen LogP contribution in [0.3, 0.4) is 0 Å². The van der Waals surface area contributed by atoms with Crippen LogP contribution >= 0.6 is 0 Å². The molecule has 7 nitrogen and oxygen atoms in total. The van der Waals surface area contributed by atoms with E-state index in [1.807, 2.05) is 23.7 Å². The second-order valence-electron chi connectivity index (χ2n) is 5.65. The van der Waals surface area contributed by atoms with Gasteiger partial charge in [-0.05, 0) is 25.5 Å². The lowest BCUT2D eigenvalue weighted by atomic mass is 10.1. The SMILES string of the molecule is Cc1nc2n(n1)CC(NCC(O)COCc1ccco1)CC2. The highest BCUT2D eigenvalue weighted by atomic mass is 16.5. The predicted octanol–water partition coefficient (Wildman–Crippen LogP) is 0.662. The molecule has 2 unspecified atom stereocenters. The lowest BCUT2D eigenvalue weighted by Gasteiger charge is -2.24. The monoisotopic (exact) mass is 306 g/mol. The van der Waals surface area contributed by atoms with Crippen LogP contribution in [-0.4, -0.2) is 45.2 Å². The van der Waals surface area contributed by atoms with Gasteiger partial charge in [-0.2, -0.15) is 5.10 Å². The van der Waals surface area contributed by atoms with Gasteiger partial charge >= 0.3 is 0 Å². The number of aliphatic hydroxyl groups excluding tert-OH is 1. The Kier molecular flexibility index (Phi) is 4.87. The highest BCUT2D eigenvalue weighted by Crippen LogP contribution is 2.12. The van der Waals surface area contributed by atoms with Gasteiger partial charge in [-0.1, -0.05) is 0 Å². The fourth-order valence-corrected chi connectivity index (χ4v) is 2.65. The second-order valence-corrected chi connectivity index (χ2v) is 5.65. The maximum absolute atomic E-state index is 9.95. The minimum absolute atomic E-state index is 0.286. The van der Waals surface area contributed by atoms with Crippen LogP contribution in [0.5, 0.6) is 0 Å². The standard InChI is InChI=1S/C15H22N4O3/c1-11-17-15-5-4-12(8-19(15)18-11)16-7-13(20)9-21-10-14-3-2-6-22-14/h2-3,6,12-13,16,20H,4-5,7-10H2,1H3. The lowest BCUT2D eigenvalue weighted by Crippen LogP contribution is -2.42. The molecule has 0 radical (unpaired) electrons. The van der Waals surface area contributed by atoms with Crippen molar-refractivity contribution in [3.63, 3.8) is 0 Å². The minimum Gasteiger partial charge on any atom is -0.467 e. The van der Waals surface area contributed by atoms with Gasteiger partial charge in [0.25, 0.3) is 0 Å². The molecule has 0 fully saturated rings. The van der Waals surface area contributed by atoms with Gasteiger partial charge in [-0.25, -0.2) is 9.67 Å². The summed E-state index contributed by atoms with van der Waals surface area (Å²) in [5.74, 6) is 2.64. The number of fused-ring (bicyclic) bond motifs is 1. The van der Waals surface area contributed by atoms with Crippen LogP contribution < -0.4 is 5.32 Å². The lowest BCUT2D eigenvalue weighted by molar-refractivity contribution is 0.0209. The van der Waals surface area contributed by atoms with Crippen molar-refractivity contribution in [2.75, 3.05) is 13.2 Å². The van der Waals surface area contributed by atoms with Crippen molar-refractivity contribution in [1.29, 1.82) is 0 Å². The van der Waals surface area contributed by atoms with Crippen LogP contribution in [0.1, 0.15) is 23.8 Å². The average Bonchev–Trinajstić information content (AvgIpc) is 3.12. The first-order chi connectivity index (χ1) is 10.7. The van der Waals surface area contributed by atoms with E-state index in [-0.39, 0.29) is 6.61 Å². The Hall–Kier alpha value is -1.70. The molecular weight excluding hydrogens is 284 g/mol. The zero-order valence-electron chi connectivity index (χ0n) is 12.7. The molecule has 3 rings (SSSR count). The number of hydrogen-bond acceptors (Lipinski definition) is 6. The van der Waals surface area contributed by atoms with Crippen molar-refractivity contribution in [1.82, 2.24) is 20.1 Å². The molecule has 22 heavy (non-hydrogen) atoms. The molecule has 2 aromatic heterocycles. The summed E-state index contributed by atoms with van der Waals surface area (Å²) < 4.78 is 12.6. The quantitative estimate of drug-likeness (QED) is 0.782. The van der Waals surface area contributed by atoms with Gasteiger partial charge in [0.2, 0.25) is 0 Å². The Morgan fingerprint density at radius 2 is 2.50 bits per heavy atom. The first-order valence-corrected chi connectivity index (χ1v) is 7.62. The van der Waals surface area contributed by atoms with E-state index < -0.39 is 6.10 Å². The number of rotatable bonds is 7. The van der Waals surface area contributed by atoms with E-state index in [0.717, 1.165) is 36.8 Å². The van der Waals surface area contributed by atoms with Crippen molar-refractivity contribution in [3.8, 4) is 0 Å². The number of hydrogen-bond donors (Lipinski definition) is 2. The smallest absolute Gasteiger partial charge is 0.147 e. The Morgan fingerprint density at radius 1 is 1.59 bits per heavy atom. The Labute approximate surface area is 129 Å². The van der Waals surface area contributed by atoms with E-state index in [1.165, 1.54) is 0 Å². The topological polar surface area (TPSA) is 85.3 Å². The maximum atomic E-state index is 9.95. The van der Waals surface area contributed by atoms with Crippen LogP contribution in [0.25, 0.3) is 0 Å². The summed E-state index contributed by atoms with van der Waals surface area (Å²) in [5.41, 5.74) is 0. The Morgan fingerprint density at radius 3 is 3.32 bits per heavy atom. The van der Waals surface area contributed by atoms with Crippen LogP contribution in [-0.2, 0) is 24.3 Å². The van der Waals surface area contributed by atoms with E-state index in [2.05, 4.69) is 15.4 Å². The number of furan rings is 1. The third-order valence-electron chi connectivity index (χ3n) is 3.74. The van der Waals surface area contributed by atoms with Gasteiger partial charge in [0, 0.05) is 19.0 Å². The summed E-state index contributed by atoms with van der Waals surface area (Å²) in [6.45, 7) is 3.89. The van der Waals surface area contributed by atoms with Crippen molar-refractivity contribution in [2.45, 2.75) is 45.1 Å². The highest BCUT2D eigenvalue weighted by molar-refractivity contribution is 4.97. The van der Waals surface area contributed by atoms with Gasteiger partial charge in [-0.3, -0.25) is 0 Å². The molecule has 0 saturated heterocycles. The zero-order chi connectivity index (χ0) is 15.4. The molecule has 1 aliphatic rings. The van der Waals surface area contributed by atoms with E-state index in [0.29, 0.717) is 19.2 Å². The van der Waals surface area contributed by atoms with Gasteiger partial charge in [-0.15, -0.1) is 0 Å². The molecular formula is C15H22N4O3. The number of aryl methyl sites for hydroxylation is 2. The first kappa shape index (κ1) is 15.2. The molecule has 7 heteroatoms. The Balaban J connectivity index is 1.35. The first-order valence-electron chi connectivity index (χ1n) is 7.62. The molecule has 3 heterocycles. The molecule has 0 aromatic carbocycles. The van der Waals surface area contributed by atoms with Crippen molar-refractivity contribution >= 4 is 0 Å². The fraction of sp³-hybridized carbons (Fsp3) is 0.600. The largest absolute Gasteiger partial charge is 0.467 e. The summed E-state index contributed by atoms with van der Waals surface area (Å²) in [7, 11) is 0. The third-order valence-corrected chi connectivity index (χ3v) is 3.74. The normalized spacial score (nSPS) is 19.1. The number of aromatic nitrogens is 3. The molecule has 0 aliphatic carbocycles.